The van der Waals surface area contributed by atoms with E-state index in [2.05, 4.69) is 0 Å². The summed E-state index contributed by atoms with van der Waals surface area (Å²) in [4.78, 5) is 20.6. The number of aldehydes is 2. The van der Waals surface area contributed by atoms with Crippen molar-refractivity contribution < 1.29 is 45.0 Å². The van der Waals surface area contributed by atoms with E-state index in [1.807, 2.05) is 0 Å². The smallest absolute Gasteiger partial charge is 0.167 e. The summed E-state index contributed by atoms with van der Waals surface area (Å²) in [6, 6.07) is 7.83. The number of hydrogen-bond donors (Lipinski definition) is 3. The summed E-state index contributed by atoms with van der Waals surface area (Å²) < 4.78 is 30.5. The van der Waals surface area contributed by atoms with Crippen LogP contribution in [-0.2, 0) is 16.8 Å². The Kier molecular flexibility index (Phi) is 10.2. The van der Waals surface area contributed by atoms with Crippen LogP contribution in [0, 0.1) is 11.6 Å². The van der Waals surface area contributed by atoms with Crippen molar-refractivity contribution >= 4 is 12.6 Å². The molecule has 0 spiro atoms. The minimum Gasteiger partial charge on any atom is -0.504 e. The number of para-hydroxylation sites is 2. The molecule has 0 aliphatic heterocycles. The largest absolute Gasteiger partial charge is 0.504 e. The molecule has 0 saturated heterocycles. The van der Waals surface area contributed by atoms with E-state index in [0.717, 1.165) is 6.07 Å². The van der Waals surface area contributed by atoms with E-state index >= 15 is 0 Å². The molecule has 0 fully saturated rings. The summed E-state index contributed by atoms with van der Waals surface area (Å²) in [6.45, 7) is 0.0482. The quantitative estimate of drug-likeness (QED) is 0.522. The Balaban J connectivity index is 0.000000465. The number of aromatic hydroxyl groups is 1. The average molecular weight is 397 g/mol. The molecule has 0 aliphatic rings. The maximum Gasteiger partial charge on any atom is 0.167 e. The van der Waals surface area contributed by atoms with Crippen molar-refractivity contribution in [2.24, 2.45) is 11.5 Å². The number of hydrogen-bond acceptors (Lipinski definition) is 6. The van der Waals surface area contributed by atoms with Gasteiger partial charge in [-0.25, -0.2) is 8.78 Å². The van der Waals surface area contributed by atoms with E-state index in [1.165, 1.54) is 30.3 Å². The van der Waals surface area contributed by atoms with E-state index in [1.54, 1.807) is 0 Å². The van der Waals surface area contributed by atoms with E-state index in [0.29, 0.717) is 12.6 Å². The fourth-order valence-corrected chi connectivity index (χ4v) is 1.57. The fourth-order valence-electron chi connectivity index (χ4n) is 1.57. The second-order valence-electron chi connectivity index (χ2n) is 4.46. The van der Waals surface area contributed by atoms with Crippen molar-refractivity contribution in [2.75, 3.05) is 6.54 Å². The third kappa shape index (κ3) is 6.59. The summed E-state index contributed by atoms with van der Waals surface area (Å²) in [5.41, 5.74) is 10.7. The number of phenols is 1. The molecule has 0 heterocycles. The second kappa shape index (κ2) is 11.3. The van der Waals surface area contributed by atoms with Gasteiger partial charge in [0.25, 0.3) is 0 Å². The molecule has 1 atom stereocenters. The first-order chi connectivity index (χ1) is 11.4. The second-order valence-corrected chi connectivity index (χ2v) is 4.46. The maximum absolute atomic E-state index is 13.2. The number of phenolic OH excluding ortho intramolecular Hbond substituents is 1. The predicted molar refractivity (Wildman–Crippen MR) is 82.9 cm³/mol. The van der Waals surface area contributed by atoms with Crippen LogP contribution in [-0.4, -0.2) is 30.5 Å². The van der Waals surface area contributed by atoms with Gasteiger partial charge in [-0.1, -0.05) is 12.1 Å². The first-order valence-electron chi connectivity index (χ1n) is 6.73. The molecule has 0 bridgehead atoms. The molecule has 0 aliphatic carbocycles. The van der Waals surface area contributed by atoms with Crippen LogP contribution in [0.1, 0.15) is 20.7 Å². The zero-order chi connectivity index (χ0) is 18.1. The Labute approximate surface area is 153 Å². The van der Waals surface area contributed by atoms with Gasteiger partial charge in [0.15, 0.2) is 41.9 Å². The Bertz CT molecular complexity index is 717. The zero-order valence-corrected chi connectivity index (χ0v) is 13.9. The van der Waals surface area contributed by atoms with Gasteiger partial charge in [-0.15, -0.1) is 0 Å². The molecule has 2 rings (SSSR count). The minimum atomic E-state index is -0.814. The fraction of sp³-hybridized carbons (Fsp3) is 0.125. The van der Waals surface area contributed by atoms with E-state index in [-0.39, 0.29) is 40.2 Å². The molecule has 0 aromatic heterocycles. The molecule has 5 N–H and O–H groups in total. The van der Waals surface area contributed by atoms with Crippen molar-refractivity contribution in [3.05, 3.63) is 59.2 Å². The minimum absolute atomic E-state index is 0. The molecule has 0 saturated carbocycles. The molecule has 1 radical (unpaired) electrons. The van der Waals surface area contributed by atoms with Crippen molar-refractivity contribution in [1.82, 2.24) is 0 Å². The molecule has 2 aromatic rings. The number of benzene rings is 2. The molecule has 137 valence electrons. The Morgan fingerprint density at radius 2 is 1.56 bits per heavy atom. The first-order valence-corrected chi connectivity index (χ1v) is 6.73. The van der Waals surface area contributed by atoms with Crippen molar-refractivity contribution in [3.8, 4) is 11.5 Å². The van der Waals surface area contributed by atoms with Crippen LogP contribution in [0.15, 0.2) is 36.4 Å². The number of halogens is 2. The molecule has 9 heteroatoms. The van der Waals surface area contributed by atoms with Crippen LogP contribution < -0.4 is 16.2 Å². The molecule has 2 aromatic carbocycles. The van der Waals surface area contributed by atoms with Crippen LogP contribution in [0.4, 0.5) is 8.78 Å². The Morgan fingerprint density at radius 3 is 2.04 bits per heavy atom. The number of rotatable bonds is 5. The number of ether oxygens (including phenoxy) is 1. The van der Waals surface area contributed by atoms with Crippen LogP contribution in [0.5, 0.6) is 11.5 Å². The average Bonchev–Trinajstić information content (AvgIpc) is 2.59. The summed E-state index contributed by atoms with van der Waals surface area (Å²) >= 11 is 0. The predicted octanol–water partition coefficient (Wildman–Crippen LogP) is 1.60. The van der Waals surface area contributed by atoms with Crippen LogP contribution >= 0.6 is 0 Å². The van der Waals surface area contributed by atoms with Gasteiger partial charge in [0.1, 0.15) is 0 Å². The Morgan fingerprint density at radius 1 is 1.04 bits per heavy atom. The van der Waals surface area contributed by atoms with Crippen LogP contribution in [0.25, 0.3) is 0 Å². The van der Waals surface area contributed by atoms with Crippen molar-refractivity contribution in [2.45, 2.75) is 6.23 Å². The van der Waals surface area contributed by atoms with Gasteiger partial charge in [0, 0.05) is 23.3 Å². The molecular formula is C16H16CoF2N2O4. The molecular weight excluding hydrogens is 381 g/mol. The summed E-state index contributed by atoms with van der Waals surface area (Å²) in [6.07, 6.45) is 0.0886. The number of carbonyl (C=O) groups excluding carboxylic acids is 2. The van der Waals surface area contributed by atoms with Crippen molar-refractivity contribution in [3.63, 3.8) is 0 Å². The maximum atomic E-state index is 13.2. The van der Waals surface area contributed by atoms with Gasteiger partial charge in [-0.2, -0.15) is 0 Å². The zero-order valence-electron chi connectivity index (χ0n) is 12.8. The summed E-state index contributed by atoms with van der Waals surface area (Å²) in [5, 5.41) is 8.79. The summed E-state index contributed by atoms with van der Waals surface area (Å²) in [7, 11) is 0. The van der Waals surface area contributed by atoms with E-state index in [9.17, 15) is 18.4 Å². The van der Waals surface area contributed by atoms with Crippen LogP contribution in [0.2, 0.25) is 0 Å². The molecule has 25 heavy (non-hydrogen) atoms. The van der Waals surface area contributed by atoms with Gasteiger partial charge in [0.2, 0.25) is 0 Å². The van der Waals surface area contributed by atoms with E-state index < -0.39 is 23.6 Å². The third-order valence-corrected chi connectivity index (χ3v) is 2.77. The van der Waals surface area contributed by atoms with Gasteiger partial charge < -0.3 is 15.6 Å². The van der Waals surface area contributed by atoms with Crippen LogP contribution in [0.3, 0.4) is 0 Å². The standard InChI is InChI=1S/C9H11FN2O2.C7H5FO2.Co/c10-7-3-1-2-6(5-13)9(7)14-8(12)4-11;8-6-3-1-2-5(4-9)7(6)10;/h1-3,5,8H,4,11-12H2;1-4,10H;. The first kappa shape index (κ1) is 22.7. The normalized spacial score (nSPS) is 10.6. The molecule has 6 nitrogen and oxygen atoms in total. The van der Waals surface area contributed by atoms with Gasteiger partial charge in [-0.3, -0.25) is 15.3 Å². The van der Waals surface area contributed by atoms with E-state index in [4.69, 9.17) is 21.3 Å². The van der Waals surface area contributed by atoms with Crippen molar-refractivity contribution in [1.29, 1.82) is 0 Å². The molecule has 0 amide bonds. The topological polar surface area (TPSA) is 116 Å². The SMILES string of the molecule is NCC(N)Oc1c(F)cccc1C=O.O=Cc1cccc(F)c1O.[Co]. The van der Waals surface area contributed by atoms with Gasteiger partial charge in [0.05, 0.1) is 11.1 Å². The third-order valence-electron chi connectivity index (χ3n) is 2.77. The number of nitrogens with two attached hydrogens (primary N) is 2. The monoisotopic (exact) mass is 397 g/mol. The van der Waals surface area contributed by atoms with Gasteiger partial charge in [-0.05, 0) is 24.3 Å². The van der Waals surface area contributed by atoms with Gasteiger partial charge >= 0.3 is 0 Å². The summed E-state index contributed by atoms with van der Waals surface area (Å²) in [5.74, 6) is -2.14. The Hall–Kier alpha value is -2.33. The molecule has 1 unspecified atom stereocenters. The number of carbonyl (C=O) groups is 2.